The third-order valence-electron chi connectivity index (χ3n) is 6.70. The van der Waals surface area contributed by atoms with Gasteiger partial charge in [-0.2, -0.15) is 0 Å². The predicted octanol–water partition coefficient (Wildman–Crippen LogP) is 2.38. The lowest BCUT2D eigenvalue weighted by atomic mass is 9.96. The van der Waals surface area contributed by atoms with Gasteiger partial charge < -0.3 is 39.7 Å². The number of rotatable bonds is 12. The molecule has 0 saturated carbocycles. The van der Waals surface area contributed by atoms with Crippen molar-refractivity contribution in [1.82, 2.24) is 14.5 Å². The van der Waals surface area contributed by atoms with Gasteiger partial charge >= 0.3 is 0 Å². The fourth-order valence-corrected chi connectivity index (χ4v) is 4.61. The van der Waals surface area contributed by atoms with Gasteiger partial charge in [0.15, 0.2) is 17.7 Å². The van der Waals surface area contributed by atoms with Crippen LogP contribution in [0.5, 0.6) is 11.5 Å². The van der Waals surface area contributed by atoms with Gasteiger partial charge in [0.2, 0.25) is 5.95 Å². The SMILES string of the molecule is COc1ccc(CNc2nc3ccccc3n2C2OC(CO)C(O)C2(C)O)cc1OCCCCN(C)C. The second-order valence-electron chi connectivity index (χ2n) is 9.87. The minimum Gasteiger partial charge on any atom is -0.493 e. The van der Waals surface area contributed by atoms with Crippen molar-refractivity contribution in [2.45, 2.75) is 50.3 Å². The van der Waals surface area contributed by atoms with Crippen LogP contribution in [-0.4, -0.2) is 88.5 Å². The van der Waals surface area contributed by atoms with E-state index in [4.69, 9.17) is 19.2 Å². The highest BCUT2D eigenvalue weighted by Crippen LogP contribution is 2.41. The molecule has 4 N–H and O–H groups in total. The zero-order valence-corrected chi connectivity index (χ0v) is 21.9. The summed E-state index contributed by atoms with van der Waals surface area (Å²) >= 11 is 0. The molecule has 10 heteroatoms. The number of imidazole rings is 1. The molecule has 1 aliphatic rings. The van der Waals surface area contributed by atoms with Crippen molar-refractivity contribution >= 4 is 17.0 Å². The number of nitrogens with one attached hydrogen (secondary N) is 1. The van der Waals surface area contributed by atoms with Crippen molar-refractivity contribution in [2.24, 2.45) is 0 Å². The summed E-state index contributed by atoms with van der Waals surface area (Å²) in [5, 5.41) is 34.7. The molecule has 2 heterocycles. The van der Waals surface area contributed by atoms with Crippen LogP contribution in [0.25, 0.3) is 11.0 Å². The Balaban J connectivity index is 1.54. The molecule has 1 aromatic heterocycles. The number of aliphatic hydroxyl groups is 3. The van der Waals surface area contributed by atoms with E-state index in [1.54, 1.807) is 11.7 Å². The van der Waals surface area contributed by atoms with Crippen LogP contribution in [-0.2, 0) is 11.3 Å². The van der Waals surface area contributed by atoms with Crippen LogP contribution < -0.4 is 14.8 Å². The topological polar surface area (TPSA) is 121 Å². The van der Waals surface area contributed by atoms with Gasteiger partial charge in [0.1, 0.15) is 17.8 Å². The molecule has 1 saturated heterocycles. The van der Waals surface area contributed by atoms with Crippen molar-refractivity contribution in [3.05, 3.63) is 48.0 Å². The molecule has 10 nitrogen and oxygen atoms in total. The molecule has 0 spiro atoms. The molecule has 1 fully saturated rings. The molecule has 2 aromatic carbocycles. The highest BCUT2D eigenvalue weighted by molar-refractivity contribution is 5.79. The average Bonchev–Trinajstić information content (AvgIpc) is 3.35. The van der Waals surface area contributed by atoms with E-state index in [0.717, 1.165) is 30.5 Å². The van der Waals surface area contributed by atoms with E-state index in [1.807, 2.05) is 42.5 Å². The van der Waals surface area contributed by atoms with Gasteiger partial charge in [-0.3, -0.25) is 4.57 Å². The first-order valence-electron chi connectivity index (χ1n) is 12.6. The zero-order chi connectivity index (χ0) is 26.6. The van der Waals surface area contributed by atoms with E-state index >= 15 is 0 Å². The molecule has 4 unspecified atom stereocenters. The lowest BCUT2D eigenvalue weighted by Crippen LogP contribution is -2.44. The second kappa shape index (κ2) is 11.7. The third-order valence-corrected chi connectivity index (χ3v) is 6.70. The number of para-hydroxylation sites is 2. The molecule has 0 bridgehead atoms. The number of aromatic nitrogens is 2. The van der Waals surface area contributed by atoms with E-state index < -0.39 is 30.6 Å². The van der Waals surface area contributed by atoms with Crippen LogP contribution in [0.1, 0.15) is 31.6 Å². The smallest absolute Gasteiger partial charge is 0.206 e. The highest BCUT2D eigenvalue weighted by Gasteiger charge is 2.53. The largest absolute Gasteiger partial charge is 0.493 e. The maximum absolute atomic E-state index is 11.1. The van der Waals surface area contributed by atoms with Crippen molar-refractivity contribution in [3.63, 3.8) is 0 Å². The maximum atomic E-state index is 11.1. The standard InChI is InChI=1S/C27H38N4O6/c1-27(34)24(33)23(17-32)37-25(27)31-20-10-6-5-9-19(20)29-26(31)28-16-18-11-12-21(35-4)22(15-18)36-14-8-7-13-30(2)3/h5-6,9-12,15,23-25,32-34H,7-8,13-14,16-17H2,1-4H3,(H,28,29). The van der Waals surface area contributed by atoms with Gasteiger partial charge in [-0.05, 0) is 70.2 Å². The van der Waals surface area contributed by atoms with E-state index in [9.17, 15) is 15.3 Å². The number of nitrogens with zero attached hydrogens (tertiary/aromatic N) is 3. The average molecular weight is 515 g/mol. The molecular weight excluding hydrogens is 476 g/mol. The summed E-state index contributed by atoms with van der Waals surface area (Å²) in [5.41, 5.74) is 0.761. The van der Waals surface area contributed by atoms with Crippen LogP contribution in [0.3, 0.4) is 0 Å². The van der Waals surface area contributed by atoms with Crippen molar-refractivity contribution in [3.8, 4) is 11.5 Å². The first kappa shape index (κ1) is 27.2. The van der Waals surface area contributed by atoms with Crippen LogP contribution in [0.4, 0.5) is 5.95 Å². The van der Waals surface area contributed by atoms with Crippen molar-refractivity contribution in [2.75, 3.05) is 46.3 Å². The number of aliphatic hydroxyl groups excluding tert-OH is 2. The van der Waals surface area contributed by atoms with E-state index in [0.29, 0.717) is 36.1 Å². The molecule has 4 rings (SSSR count). The summed E-state index contributed by atoms with van der Waals surface area (Å²) in [4.78, 5) is 6.86. The number of unbranched alkanes of at least 4 members (excludes halogenated alkanes) is 1. The normalized spacial score (nSPS) is 23.6. The lowest BCUT2D eigenvalue weighted by molar-refractivity contribution is -0.0939. The van der Waals surface area contributed by atoms with Gasteiger partial charge in [0, 0.05) is 6.54 Å². The first-order chi connectivity index (χ1) is 17.8. The summed E-state index contributed by atoms with van der Waals surface area (Å²) in [7, 11) is 5.74. The number of hydrogen-bond donors (Lipinski definition) is 4. The molecule has 37 heavy (non-hydrogen) atoms. The molecular formula is C27H38N4O6. The lowest BCUT2D eigenvalue weighted by Gasteiger charge is -2.29. The van der Waals surface area contributed by atoms with Crippen LogP contribution >= 0.6 is 0 Å². The number of methoxy groups -OCH3 is 1. The number of fused-ring (bicyclic) bond motifs is 1. The summed E-state index contributed by atoms with van der Waals surface area (Å²) in [6.45, 7) is 3.12. The summed E-state index contributed by atoms with van der Waals surface area (Å²) < 4.78 is 19.1. The van der Waals surface area contributed by atoms with E-state index in [1.165, 1.54) is 6.92 Å². The van der Waals surface area contributed by atoms with Gasteiger partial charge in [-0.15, -0.1) is 0 Å². The summed E-state index contributed by atoms with van der Waals surface area (Å²) in [6, 6.07) is 13.3. The molecule has 0 amide bonds. The summed E-state index contributed by atoms with van der Waals surface area (Å²) in [5.74, 6) is 1.82. The molecule has 4 atom stereocenters. The van der Waals surface area contributed by atoms with Gasteiger partial charge in [0.05, 0.1) is 31.4 Å². The van der Waals surface area contributed by atoms with E-state index in [-0.39, 0.29) is 0 Å². The fraction of sp³-hybridized carbons (Fsp3) is 0.519. The zero-order valence-electron chi connectivity index (χ0n) is 21.9. The number of anilines is 1. The quantitative estimate of drug-likeness (QED) is 0.270. The third kappa shape index (κ3) is 5.83. The van der Waals surface area contributed by atoms with Gasteiger partial charge in [-0.1, -0.05) is 18.2 Å². The Bertz CT molecular complexity index is 1180. The maximum Gasteiger partial charge on any atom is 0.206 e. The Labute approximate surface area is 217 Å². The second-order valence-corrected chi connectivity index (χ2v) is 9.87. The van der Waals surface area contributed by atoms with Crippen molar-refractivity contribution in [1.29, 1.82) is 0 Å². The monoisotopic (exact) mass is 514 g/mol. The van der Waals surface area contributed by atoms with E-state index in [2.05, 4.69) is 24.3 Å². The molecule has 202 valence electrons. The minimum atomic E-state index is -1.64. The molecule has 3 aromatic rings. The Morgan fingerprint density at radius 3 is 2.65 bits per heavy atom. The predicted molar refractivity (Wildman–Crippen MR) is 141 cm³/mol. The Kier molecular flexibility index (Phi) is 8.56. The number of hydrogen-bond acceptors (Lipinski definition) is 9. The molecule has 1 aliphatic heterocycles. The minimum absolute atomic E-state index is 0.410. The fourth-order valence-electron chi connectivity index (χ4n) is 4.61. The number of benzene rings is 2. The molecule has 0 radical (unpaired) electrons. The Hall–Kier alpha value is -2.89. The van der Waals surface area contributed by atoms with Crippen molar-refractivity contribution < 1.29 is 29.5 Å². The van der Waals surface area contributed by atoms with Crippen LogP contribution in [0.2, 0.25) is 0 Å². The Morgan fingerprint density at radius 2 is 1.95 bits per heavy atom. The van der Waals surface area contributed by atoms with Crippen LogP contribution in [0.15, 0.2) is 42.5 Å². The number of ether oxygens (including phenoxy) is 3. The summed E-state index contributed by atoms with van der Waals surface area (Å²) in [6.07, 6.45) is -1.13. The van der Waals surface area contributed by atoms with Gasteiger partial charge in [0.25, 0.3) is 0 Å². The first-order valence-corrected chi connectivity index (χ1v) is 12.6. The highest BCUT2D eigenvalue weighted by atomic mass is 16.6. The molecule has 0 aliphatic carbocycles. The van der Waals surface area contributed by atoms with Crippen LogP contribution in [0, 0.1) is 0 Å². The van der Waals surface area contributed by atoms with Gasteiger partial charge in [-0.25, -0.2) is 4.98 Å². The Morgan fingerprint density at radius 1 is 1.16 bits per heavy atom.